The number of carbonyl (C=O) groups is 1. The van der Waals surface area contributed by atoms with Crippen molar-refractivity contribution in [2.45, 2.75) is 19.4 Å². The summed E-state index contributed by atoms with van der Waals surface area (Å²) in [6, 6.07) is 10.8. The average Bonchev–Trinajstić information content (AvgIpc) is 2.40. The summed E-state index contributed by atoms with van der Waals surface area (Å²) in [7, 11) is 0. The number of hydrogen-bond donors (Lipinski definition) is 2. The van der Waals surface area contributed by atoms with Gasteiger partial charge in [-0.25, -0.2) is 0 Å². The molecule has 98 valence electrons. The molecule has 1 aromatic carbocycles. The lowest BCUT2D eigenvalue weighted by molar-refractivity contribution is -0.138. The average molecular weight is 256 g/mol. The van der Waals surface area contributed by atoms with Gasteiger partial charge in [0.05, 0.1) is 0 Å². The summed E-state index contributed by atoms with van der Waals surface area (Å²) in [6.07, 6.45) is 2.16. The van der Waals surface area contributed by atoms with Crippen LogP contribution in [0.1, 0.15) is 11.3 Å². The maximum Gasteiger partial charge on any atom is 0.320 e. The second kappa shape index (κ2) is 5.63. The number of hydrogen-bond acceptors (Lipinski definition) is 3. The molecule has 0 aliphatic rings. The summed E-state index contributed by atoms with van der Waals surface area (Å²) in [4.78, 5) is 14.9. The van der Waals surface area contributed by atoms with Crippen LogP contribution in [-0.2, 0) is 11.2 Å². The predicted octanol–water partition coefficient (Wildman–Crippen LogP) is 2.01. The van der Waals surface area contributed by atoms with Crippen molar-refractivity contribution in [2.75, 3.05) is 0 Å². The first-order chi connectivity index (χ1) is 9.06. The SMILES string of the molecule is Cc1ccc(-c2ccc(C[C@H](N)C(=O)O)cc2)cn1. The largest absolute Gasteiger partial charge is 0.480 e. The second-order valence-corrected chi connectivity index (χ2v) is 4.53. The van der Waals surface area contributed by atoms with Gasteiger partial charge < -0.3 is 10.8 Å². The molecule has 4 heteroatoms. The lowest BCUT2D eigenvalue weighted by Gasteiger charge is -2.07. The Balaban J connectivity index is 2.14. The van der Waals surface area contributed by atoms with Crippen LogP contribution in [0.4, 0.5) is 0 Å². The van der Waals surface area contributed by atoms with Gasteiger partial charge in [-0.05, 0) is 30.5 Å². The number of aromatic nitrogens is 1. The summed E-state index contributed by atoms with van der Waals surface area (Å²) in [6.45, 7) is 1.94. The number of aryl methyl sites for hydroxylation is 1. The van der Waals surface area contributed by atoms with Crippen molar-refractivity contribution in [1.29, 1.82) is 0 Å². The van der Waals surface area contributed by atoms with Crippen molar-refractivity contribution in [3.63, 3.8) is 0 Å². The normalized spacial score (nSPS) is 12.1. The quantitative estimate of drug-likeness (QED) is 0.877. The summed E-state index contributed by atoms with van der Waals surface area (Å²) in [5.41, 5.74) is 9.50. The third-order valence-corrected chi connectivity index (χ3v) is 2.97. The van der Waals surface area contributed by atoms with E-state index in [-0.39, 0.29) is 0 Å². The highest BCUT2D eigenvalue weighted by Gasteiger charge is 2.11. The van der Waals surface area contributed by atoms with E-state index >= 15 is 0 Å². The van der Waals surface area contributed by atoms with Gasteiger partial charge in [0.1, 0.15) is 6.04 Å². The van der Waals surface area contributed by atoms with E-state index in [9.17, 15) is 4.79 Å². The van der Waals surface area contributed by atoms with Crippen LogP contribution >= 0.6 is 0 Å². The second-order valence-electron chi connectivity index (χ2n) is 4.53. The van der Waals surface area contributed by atoms with Crippen LogP contribution in [0.25, 0.3) is 11.1 Å². The summed E-state index contributed by atoms with van der Waals surface area (Å²) in [5.74, 6) is -0.980. The molecule has 19 heavy (non-hydrogen) atoms. The molecule has 1 heterocycles. The van der Waals surface area contributed by atoms with Gasteiger partial charge in [-0.1, -0.05) is 30.3 Å². The molecule has 0 aliphatic heterocycles. The highest BCUT2D eigenvalue weighted by molar-refractivity contribution is 5.73. The zero-order valence-corrected chi connectivity index (χ0v) is 10.7. The minimum atomic E-state index is -0.980. The molecular formula is C15H16N2O2. The zero-order valence-electron chi connectivity index (χ0n) is 10.7. The molecule has 0 aliphatic carbocycles. The standard InChI is InChI=1S/C15H16N2O2/c1-10-2-5-13(9-17-10)12-6-3-11(4-7-12)8-14(16)15(18)19/h2-7,9,14H,8,16H2,1H3,(H,18,19)/t14-/m0/s1. The van der Waals surface area contributed by atoms with Gasteiger partial charge in [0.25, 0.3) is 0 Å². The van der Waals surface area contributed by atoms with Crippen molar-refractivity contribution in [1.82, 2.24) is 4.98 Å². The molecule has 1 aromatic heterocycles. The van der Waals surface area contributed by atoms with Crippen molar-refractivity contribution >= 4 is 5.97 Å². The monoisotopic (exact) mass is 256 g/mol. The Kier molecular flexibility index (Phi) is 3.92. The molecule has 0 amide bonds. The van der Waals surface area contributed by atoms with Crippen LogP contribution in [0.2, 0.25) is 0 Å². The number of nitrogens with zero attached hydrogens (tertiary/aromatic N) is 1. The molecule has 0 saturated heterocycles. The molecule has 0 fully saturated rings. The highest BCUT2D eigenvalue weighted by Crippen LogP contribution is 2.19. The van der Waals surface area contributed by atoms with Crippen LogP contribution in [0.3, 0.4) is 0 Å². The van der Waals surface area contributed by atoms with Gasteiger partial charge in [-0.3, -0.25) is 9.78 Å². The Labute approximate surface area is 111 Å². The van der Waals surface area contributed by atoms with Crippen LogP contribution in [0.15, 0.2) is 42.6 Å². The van der Waals surface area contributed by atoms with E-state index in [4.69, 9.17) is 10.8 Å². The minimum Gasteiger partial charge on any atom is -0.480 e. The van der Waals surface area contributed by atoms with E-state index in [2.05, 4.69) is 4.98 Å². The number of rotatable bonds is 4. The third-order valence-electron chi connectivity index (χ3n) is 2.97. The molecule has 4 nitrogen and oxygen atoms in total. The number of carboxylic acids is 1. The van der Waals surface area contributed by atoms with Crippen LogP contribution < -0.4 is 5.73 Å². The topological polar surface area (TPSA) is 76.2 Å². The molecule has 1 atom stereocenters. The smallest absolute Gasteiger partial charge is 0.320 e. The van der Waals surface area contributed by atoms with Crippen molar-refractivity contribution in [3.8, 4) is 11.1 Å². The number of aliphatic carboxylic acids is 1. The fourth-order valence-electron chi connectivity index (χ4n) is 1.81. The van der Waals surface area contributed by atoms with E-state index in [1.54, 1.807) is 0 Å². The maximum atomic E-state index is 10.7. The molecule has 0 spiro atoms. The first kappa shape index (κ1) is 13.2. The van der Waals surface area contributed by atoms with Crippen molar-refractivity contribution in [2.24, 2.45) is 5.73 Å². The molecule has 2 rings (SSSR count). The van der Waals surface area contributed by atoms with E-state index in [1.165, 1.54) is 0 Å². The first-order valence-corrected chi connectivity index (χ1v) is 6.06. The third kappa shape index (κ3) is 3.39. The van der Waals surface area contributed by atoms with Crippen LogP contribution in [0, 0.1) is 6.92 Å². The predicted molar refractivity (Wildman–Crippen MR) is 73.7 cm³/mol. The molecule has 0 unspecified atom stereocenters. The van der Waals surface area contributed by atoms with Gasteiger partial charge in [-0.15, -0.1) is 0 Å². The molecule has 0 radical (unpaired) electrons. The van der Waals surface area contributed by atoms with Crippen molar-refractivity contribution in [3.05, 3.63) is 53.9 Å². The maximum absolute atomic E-state index is 10.7. The molecule has 0 saturated carbocycles. The highest BCUT2D eigenvalue weighted by atomic mass is 16.4. The van der Waals surface area contributed by atoms with Gasteiger partial charge >= 0.3 is 5.97 Å². The fourth-order valence-corrected chi connectivity index (χ4v) is 1.81. The minimum absolute atomic E-state index is 0.335. The number of benzene rings is 1. The first-order valence-electron chi connectivity index (χ1n) is 6.06. The Hall–Kier alpha value is -2.20. The number of nitrogens with two attached hydrogens (primary N) is 1. The van der Waals surface area contributed by atoms with E-state index in [0.717, 1.165) is 22.4 Å². The van der Waals surface area contributed by atoms with Gasteiger partial charge in [0.15, 0.2) is 0 Å². The summed E-state index contributed by atoms with van der Waals surface area (Å²) >= 11 is 0. The fraction of sp³-hybridized carbons (Fsp3) is 0.200. The van der Waals surface area contributed by atoms with Gasteiger partial charge in [-0.2, -0.15) is 0 Å². The molecular weight excluding hydrogens is 240 g/mol. The summed E-state index contributed by atoms with van der Waals surface area (Å²) < 4.78 is 0. The van der Waals surface area contributed by atoms with E-state index < -0.39 is 12.0 Å². The van der Waals surface area contributed by atoms with Gasteiger partial charge in [0, 0.05) is 17.5 Å². The molecule has 3 N–H and O–H groups in total. The Morgan fingerprint density at radius 2 is 1.84 bits per heavy atom. The van der Waals surface area contributed by atoms with Crippen LogP contribution in [0.5, 0.6) is 0 Å². The zero-order chi connectivity index (χ0) is 13.8. The Morgan fingerprint density at radius 3 is 2.37 bits per heavy atom. The lowest BCUT2D eigenvalue weighted by Crippen LogP contribution is -2.32. The number of pyridine rings is 1. The lowest BCUT2D eigenvalue weighted by atomic mass is 10.0. The Morgan fingerprint density at radius 1 is 1.21 bits per heavy atom. The summed E-state index contributed by atoms with van der Waals surface area (Å²) in [5, 5.41) is 8.77. The molecule has 2 aromatic rings. The van der Waals surface area contributed by atoms with E-state index in [1.807, 2.05) is 49.5 Å². The van der Waals surface area contributed by atoms with Crippen molar-refractivity contribution < 1.29 is 9.90 Å². The molecule has 0 bridgehead atoms. The number of carboxylic acid groups (broad SMARTS) is 1. The Bertz CT molecular complexity index is 562. The van der Waals surface area contributed by atoms with E-state index in [0.29, 0.717) is 6.42 Å². The van der Waals surface area contributed by atoms with Crippen LogP contribution in [-0.4, -0.2) is 22.1 Å². The van der Waals surface area contributed by atoms with Gasteiger partial charge in [0.2, 0.25) is 0 Å².